The predicted molar refractivity (Wildman–Crippen MR) is 96.7 cm³/mol. The average Bonchev–Trinajstić information content (AvgIpc) is 3.04. The van der Waals surface area contributed by atoms with Crippen LogP contribution in [0.25, 0.3) is 11.3 Å². The minimum atomic E-state index is 0.0121. The monoisotopic (exact) mass is 339 g/mol. The fraction of sp³-hybridized carbons (Fsp3) is 0.500. The number of nitrogens with one attached hydrogen (secondary N) is 1. The zero-order valence-corrected chi connectivity index (χ0v) is 14.7. The first-order valence-electron chi connectivity index (χ1n) is 9.33. The van der Waals surface area contributed by atoms with Crippen molar-refractivity contribution < 1.29 is 9.53 Å². The van der Waals surface area contributed by atoms with Crippen LogP contribution in [-0.4, -0.2) is 28.1 Å². The zero-order valence-electron chi connectivity index (χ0n) is 14.7. The van der Waals surface area contributed by atoms with E-state index >= 15 is 0 Å². The Morgan fingerprint density at radius 3 is 2.96 bits per heavy atom. The minimum absolute atomic E-state index is 0.0121. The molecule has 1 fully saturated rings. The van der Waals surface area contributed by atoms with E-state index < -0.39 is 0 Å². The Kier molecular flexibility index (Phi) is 4.47. The first-order valence-corrected chi connectivity index (χ1v) is 9.33. The van der Waals surface area contributed by atoms with Gasteiger partial charge >= 0.3 is 0 Å². The molecule has 4 rings (SSSR count). The van der Waals surface area contributed by atoms with Crippen molar-refractivity contribution in [1.29, 1.82) is 0 Å². The van der Waals surface area contributed by atoms with Crippen molar-refractivity contribution in [3.05, 3.63) is 36.3 Å². The molecule has 2 heterocycles. The van der Waals surface area contributed by atoms with Gasteiger partial charge < -0.3 is 14.6 Å². The van der Waals surface area contributed by atoms with E-state index in [1.165, 1.54) is 19.3 Å². The maximum Gasteiger partial charge on any atom is 0.251 e. The summed E-state index contributed by atoms with van der Waals surface area (Å²) in [5.41, 5.74) is 2.64. The second-order valence-corrected chi connectivity index (χ2v) is 7.13. The SMILES string of the molecule is CCC1CCC(NC(=O)c2ccc3c(c2)-c2cncn2CCO3)CC1. The molecule has 1 amide bonds. The van der Waals surface area contributed by atoms with Crippen LogP contribution in [0.15, 0.2) is 30.7 Å². The van der Waals surface area contributed by atoms with Gasteiger partial charge in [0.15, 0.2) is 0 Å². The van der Waals surface area contributed by atoms with Gasteiger partial charge in [0, 0.05) is 17.2 Å². The van der Waals surface area contributed by atoms with Crippen LogP contribution in [0.3, 0.4) is 0 Å². The number of benzene rings is 1. The number of carbonyl (C=O) groups is 1. The van der Waals surface area contributed by atoms with Gasteiger partial charge in [0.05, 0.1) is 24.8 Å². The van der Waals surface area contributed by atoms with Crippen LogP contribution in [-0.2, 0) is 6.54 Å². The molecule has 1 aliphatic heterocycles. The molecule has 2 aliphatic rings. The molecule has 25 heavy (non-hydrogen) atoms. The Morgan fingerprint density at radius 1 is 1.32 bits per heavy atom. The van der Waals surface area contributed by atoms with Crippen molar-refractivity contribution in [2.45, 2.75) is 51.6 Å². The van der Waals surface area contributed by atoms with Crippen LogP contribution >= 0.6 is 0 Å². The largest absolute Gasteiger partial charge is 0.491 e. The van der Waals surface area contributed by atoms with Crippen LogP contribution in [0.2, 0.25) is 0 Å². The number of imidazole rings is 1. The van der Waals surface area contributed by atoms with E-state index in [9.17, 15) is 4.79 Å². The minimum Gasteiger partial charge on any atom is -0.491 e. The number of fused-ring (bicyclic) bond motifs is 3. The first-order chi connectivity index (χ1) is 12.2. The fourth-order valence-electron chi connectivity index (χ4n) is 3.96. The summed E-state index contributed by atoms with van der Waals surface area (Å²) in [6.07, 6.45) is 9.51. The summed E-state index contributed by atoms with van der Waals surface area (Å²) >= 11 is 0. The smallest absolute Gasteiger partial charge is 0.251 e. The number of hydrogen-bond acceptors (Lipinski definition) is 3. The number of amides is 1. The molecule has 0 unspecified atom stereocenters. The summed E-state index contributed by atoms with van der Waals surface area (Å²) in [4.78, 5) is 16.9. The number of nitrogens with zero attached hydrogens (tertiary/aromatic N) is 2. The highest BCUT2D eigenvalue weighted by atomic mass is 16.5. The van der Waals surface area contributed by atoms with E-state index in [4.69, 9.17) is 4.74 Å². The summed E-state index contributed by atoms with van der Waals surface area (Å²) in [6.45, 7) is 3.64. The molecule has 1 saturated carbocycles. The molecule has 0 radical (unpaired) electrons. The van der Waals surface area contributed by atoms with E-state index in [1.807, 2.05) is 30.7 Å². The van der Waals surface area contributed by atoms with Gasteiger partial charge in [-0.3, -0.25) is 4.79 Å². The second kappa shape index (κ2) is 6.90. The maximum absolute atomic E-state index is 12.7. The summed E-state index contributed by atoms with van der Waals surface area (Å²) in [5.74, 6) is 1.66. The highest BCUT2D eigenvalue weighted by molar-refractivity contribution is 5.96. The summed E-state index contributed by atoms with van der Waals surface area (Å²) in [6, 6.07) is 6.00. The highest BCUT2D eigenvalue weighted by Crippen LogP contribution is 2.33. The Hall–Kier alpha value is -2.30. The molecular weight excluding hydrogens is 314 g/mol. The fourth-order valence-corrected chi connectivity index (χ4v) is 3.96. The average molecular weight is 339 g/mol. The van der Waals surface area contributed by atoms with Crippen LogP contribution < -0.4 is 10.1 Å². The lowest BCUT2D eigenvalue weighted by molar-refractivity contribution is 0.0921. The third-order valence-corrected chi connectivity index (χ3v) is 5.58. The summed E-state index contributed by atoms with van der Waals surface area (Å²) in [7, 11) is 0. The van der Waals surface area contributed by atoms with Gasteiger partial charge in [-0.15, -0.1) is 0 Å². The van der Waals surface area contributed by atoms with E-state index in [2.05, 4.69) is 21.8 Å². The third kappa shape index (κ3) is 3.28. The zero-order chi connectivity index (χ0) is 17.2. The van der Waals surface area contributed by atoms with Crippen molar-refractivity contribution in [2.75, 3.05) is 6.61 Å². The number of aromatic nitrogens is 2. The quantitative estimate of drug-likeness (QED) is 0.929. The molecule has 0 bridgehead atoms. The molecule has 1 aromatic carbocycles. The van der Waals surface area contributed by atoms with Gasteiger partial charge in [-0.05, 0) is 49.8 Å². The van der Waals surface area contributed by atoms with Gasteiger partial charge in [-0.1, -0.05) is 13.3 Å². The Labute approximate surface area is 148 Å². The lowest BCUT2D eigenvalue weighted by Crippen LogP contribution is -2.37. The van der Waals surface area contributed by atoms with Crippen molar-refractivity contribution in [2.24, 2.45) is 5.92 Å². The van der Waals surface area contributed by atoms with E-state index in [0.29, 0.717) is 18.2 Å². The number of carbonyl (C=O) groups excluding carboxylic acids is 1. The normalized spacial score (nSPS) is 22.3. The number of hydrogen-bond donors (Lipinski definition) is 1. The molecule has 5 heteroatoms. The van der Waals surface area contributed by atoms with Gasteiger partial charge in [0.25, 0.3) is 5.91 Å². The molecule has 0 atom stereocenters. The maximum atomic E-state index is 12.7. The van der Waals surface area contributed by atoms with Crippen molar-refractivity contribution in [3.63, 3.8) is 0 Å². The Balaban J connectivity index is 1.52. The van der Waals surface area contributed by atoms with Gasteiger partial charge in [0.2, 0.25) is 0 Å². The van der Waals surface area contributed by atoms with Gasteiger partial charge in [-0.2, -0.15) is 0 Å². The van der Waals surface area contributed by atoms with Crippen LogP contribution in [0.1, 0.15) is 49.4 Å². The van der Waals surface area contributed by atoms with E-state index in [-0.39, 0.29) is 5.91 Å². The molecular formula is C20H25N3O2. The lowest BCUT2D eigenvalue weighted by atomic mass is 9.84. The van der Waals surface area contributed by atoms with Gasteiger partial charge in [0.1, 0.15) is 12.4 Å². The summed E-state index contributed by atoms with van der Waals surface area (Å²) in [5, 5.41) is 3.22. The molecule has 5 nitrogen and oxygen atoms in total. The van der Waals surface area contributed by atoms with E-state index in [1.54, 1.807) is 0 Å². The molecule has 132 valence electrons. The number of rotatable bonds is 3. The lowest BCUT2D eigenvalue weighted by Gasteiger charge is -2.28. The molecule has 1 aromatic heterocycles. The molecule has 1 aliphatic carbocycles. The predicted octanol–water partition coefficient (Wildman–Crippen LogP) is 3.64. The van der Waals surface area contributed by atoms with Crippen LogP contribution in [0, 0.1) is 5.92 Å². The highest BCUT2D eigenvalue weighted by Gasteiger charge is 2.23. The number of ether oxygens (including phenoxy) is 1. The van der Waals surface area contributed by atoms with Gasteiger partial charge in [-0.25, -0.2) is 4.98 Å². The third-order valence-electron chi connectivity index (χ3n) is 5.58. The standard InChI is InChI=1S/C20H25N3O2/c1-2-14-3-6-16(7-4-14)22-20(24)15-5-8-19-17(11-15)18-12-21-13-23(18)9-10-25-19/h5,8,11-14,16H,2-4,6-7,9-10H2,1H3,(H,22,24). The van der Waals surface area contributed by atoms with Crippen molar-refractivity contribution in [3.8, 4) is 17.0 Å². The summed E-state index contributed by atoms with van der Waals surface area (Å²) < 4.78 is 7.89. The molecule has 2 aromatic rings. The molecule has 0 saturated heterocycles. The second-order valence-electron chi connectivity index (χ2n) is 7.13. The van der Waals surface area contributed by atoms with Crippen molar-refractivity contribution in [1.82, 2.24) is 14.9 Å². The molecule has 1 N–H and O–H groups in total. The molecule has 0 spiro atoms. The Bertz CT molecular complexity index is 760. The van der Waals surface area contributed by atoms with E-state index in [0.717, 1.165) is 42.3 Å². The first kappa shape index (κ1) is 16.2. The van der Waals surface area contributed by atoms with Crippen LogP contribution in [0.4, 0.5) is 0 Å². The van der Waals surface area contributed by atoms with Crippen molar-refractivity contribution >= 4 is 5.91 Å². The topological polar surface area (TPSA) is 56.2 Å². The Morgan fingerprint density at radius 2 is 2.16 bits per heavy atom. The van der Waals surface area contributed by atoms with Crippen LogP contribution in [0.5, 0.6) is 5.75 Å².